The molecular formula is C22H26BrN3O4S. The van der Waals surface area contributed by atoms with Crippen LogP contribution in [-0.4, -0.2) is 43.8 Å². The Bertz CT molecular complexity index is 923. The number of hydrogen-bond acceptors (Lipinski definition) is 5. The number of ether oxygens (including phenoxy) is 2. The Balaban J connectivity index is 1.99. The summed E-state index contributed by atoms with van der Waals surface area (Å²) in [6.07, 6.45) is 2.00. The molecule has 0 fully saturated rings. The van der Waals surface area contributed by atoms with Crippen molar-refractivity contribution in [3.63, 3.8) is 0 Å². The molecule has 0 aliphatic carbocycles. The minimum atomic E-state index is -0.375. The third kappa shape index (κ3) is 7.93. The summed E-state index contributed by atoms with van der Waals surface area (Å²) in [5, 5.41) is 8.39. The molecule has 7 nitrogen and oxygen atoms in total. The van der Waals surface area contributed by atoms with E-state index in [0.29, 0.717) is 46.8 Å². The van der Waals surface area contributed by atoms with E-state index in [1.54, 1.807) is 49.6 Å². The van der Waals surface area contributed by atoms with Crippen molar-refractivity contribution in [3.05, 3.63) is 58.1 Å². The fourth-order valence-electron chi connectivity index (χ4n) is 2.57. The van der Waals surface area contributed by atoms with E-state index in [2.05, 4.69) is 38.8 Å². The minimum absolute atomic E-state index is 0.0848. The molecule has 0 aromatic heterocycles. The molecule has 0 saturated carbocycles. The molecule has 0 spiro atoms. The van der Waals surface area contributed by atoms with Crippen LogP contribution in [0.5, 0.6) is 5.75 Å². The predicted octanol–water partition coefficient (Wildman–Crippen LogP) is 4.13. The fourth-order valence-corrected chi connectivity index (χ4v) is 3.26. The summed E-state index contributed by atoms with van der Waals surface area (Å²) in [5.41, 5.74) is 1.32. The van der Waals surface area contributed by atoms with Gasteiger partial charge in [-0.15, -0.1) is 0 Å². The molecule has 31 heavy (non-hydrogen) atoms. The van der Waals surface area contributed by atoms with E-state index in [4.69, 9.17) is 21.7 Å². The molecule has 0 bridgehead atoms. The number of carbonyl (C=O) groups is 2. The Kier molecular flexibility index (Phi) is 10.4. The van der Waals surface area contributed by atoms with Crippen molar-refractivity contribution in [2.45, 2.75) is 19.8 Å². The van der Waals surface area contributed by atoms with E-state index >= 15 is 0 Å². The van der Waals surface area contributed by atoms with Crippen molar-refractivity contribution in [2.75, 3.05) is 32.2 Å². The number of methoxy groups -OCH3 is 1. The van der Waals surface area contributed by atoms with Gasteiger partial charge in [0, 0.05) is 19.2 Å². The number of benzene rings is 2. The molecule has 0 aliphatic rings. The topological polar surface area (TPSA) is 88.7 Å². The van der Waals surface area contributed by atoms with E-state index < -0.39 is 0 Å². The molecule has 0 aliphatic heterocycles. The second-order valence-corrected chi connectivity index (χ2v) is 7.81. The third-order valence-corrected chi connectivity index (χ3v) is 5.01. The zero-order valence-electron chi connectivity index (χ0n) is 17.5. The molecule has 2 rings (SSSR count). The molecule has 2 aromatic rings. The van der Waals surface area contributed by atoms with Gasteiger partial charge in [0.05, 0.1) is 28.9 Å². The Morgan fingerprint density at radius 3 is 2.58 bits per heavy atom. The highest BCUT2D eigenvalue weighted by atomic mass is 79.9. The van der Waals surface area contributed by atoms with Crippen molar-refractivity contribution in [2.24, 2.45) is 0 Å². The largest absolute Gasteiger partial charge is 0.492 e. The van der Waals surface area contributed by atoms with Gasteiger partial charge < -0.3 is 20.1 Å². The number of nitrogens with one attached hydrogen (secondary N) is 3. The number of amides is 2. The number of anilines is 1. The zero-order chi connectivity index (χ0) is 22.6. The first-order valence-electron chi connectivity index (χ1n) is 9.87. The van der Waals surface area contributed by atoms with Crippen molar-refractivity contribution in [1.82, 2.24) is 10.6 Å². The van der Waals surface area contributed by atoms with Crippen LogP contribution in [0, 0.1) is 0 Å². The summed E-state index contributed by atoms with van der Waals surface area (Å²) in [5.74, 6) is 0.0383. The van der Waals surface area contributed by atoms with Gasteiger partial charge in [0.2, 0.25) is 0 Å². The van der Waals surface area contributed by atoms with Crippen molar-refractivity contribution in [3.8, 4) is 5.75 Å². The van der Waals surface area contributed by atoms with Crippen molar-refractivity contribution < 1.29 is 19.1 Å². The normalized spacial score (nSPS) is 10.3. The van der Waals surface area contributed by atoms with Crippen LogP contribution in [0.4, 0.5) is 5.69 Å². The Hall–Kier alpha value is -2.49. The fraction of sp³-hybridized carbons (Fsp3) is 0.318. The van der Waals surface area contributed by atoms with Crippen LogP contribution < -0.4 is 20.7 Å². The van der Waals surface area contributed by atoms with E-state index in [9.17, 15) is 9.59 Å². The lowest BCUT2D eigenvalue weighted by Gasteiger charge is -2.14. The second-order valence-electron chi connectivity index (χ2n) is 6.55. The smallest absolute Gasteiger partial charge is 0.257 e. The van der Waals surface area contributed by atoms with Crippen molar-refractivity contribution >= 4 is 50.8 Å². The zero-order valence-corrected chi connectivity index (χ0v) is 19.9. The summed E-state index contributed by atoms with van der Waals surface area (Å²) in [7, 11) is 1.56. The van der Waals surface area contributed by atoms with E-state index in [-0.39, 0.29) is 16.9 Å². The lowest BCUT2D eigenvalue weighted by atomic mass is 10.1. The van der Waals surface area contributed by atoms with Gasteiger partial charge in [-0.05, 0) is 64.9 Å². The molecule has 9 heteroatoms. The average Bonchev–Trinajstić information content (AvgIpc) is 2.75. The Labute approximate surface area is 196 Å². The SMILES string of the molecule is CCCCOc1ccc(C(=O)NC(=S)Nc2ccccc2C(=O)NCCOC)cc1Br. The molecule has 2 amide bonds. The van der Waals surface area contributed by atoms with Crippen LogP contribution in [0.1, 0.15) is 40.5 Å². The maximum absolute atomic E-state index is 12.6. The Morgan fingerprint density at radius 2 is 1.87 bits per heavy atom. The number of hydrogen-bond donors (Lipinski definition) is 3. The van der Waals surface area contributed by atoms with Crippen LogP contribution in [0.25, 0.3) is 0 Å². The lowest BCUT2D eigenvalue weighted by molar-refractivity contribution is 0.0936. The maximum Gasteiger partial charge on any atom is 0.257 e. The van der Waals surface area contributed by atoms with Crippen molar-refractivity contribution in [1.29, 1.82) is 0 Å². The number of thiocarbonyl (C=S) groups is 1. The number of halogens is 1. The standard InChI is InChI=1S/C22H26BrN3O4S/c1-3-4-12-30-19-10-9-15(14-17(19)23)20(27)26-22(31)25-18-8-6-5-7-16(18)21(28)24-11-13-29-2/h5-10,14H,3-4,11-13H2,1-2H3,(H,24,28)(H2,25,26,27,31). The second kappa shape index (κ2) is 13.0. The minimum Gasteiger partial charge on any atom is -0.492 e. The molecule has 0 atom stereocenters. The monoisotopic (exact) mass is 507 g/mol. The highest BCUT2D eigenvalue weighted by molar-refractivity contribution is 9.10. The molecule has 0 saturated heterocycles. The molecule has 166 valence electrons. The highest BCUT2D eigenvalue weighted by Gasteiger charge is 2.14. The van der Waals surface area contributed by atoms with Gasteiger partial charge >= 0.3 is 0 Å². The molecule has 0 radical (unpaired) electrons. The summed E-state index contributed by atoms with van der Waals surface area (Å²) in [6, 6.07) is 12.0. The molecule has 2 aromatic carbocycles. The van der Waals surface area contributed by atoms with Gasteiger partial charge in [0.1, 0.15) is 5.75 Å². The first kappa shape index (κ1) is 24.8. The van der Waals surface area contributed by atoms with Crippen LogP contribution in [-0.2, 0) is 4.74 Å². The lowest BCUT2D eigenvalue weighted by Crippen LogP contribution is -2.35. The molecular weight excluding hydrogens is 482 g/mol. The number of para-hydroxylation sites is 1. The first-order chi connectivity index (χ1) is 15.0. The molecule has 0 unspecified atom stereocenters. The highest BCUT2D eigenvalue weighted by Crippen LogP contribution is 2.26. The summed E-state index contributed by atoms with van der Waals surface area (Å²) < 4.78 is 11.3. The molecule has 3 N–H and O–H groups in total. The van der Waals surface area contributed by atoms with E-state index in [1.165, 1.54) is 0 Å². The summed E-state index contributed by atoms with van der Waals surface area (Å²) >= 11 is 8.69. The average molecular weight is 508 g/mol. The summed E-state index contributed by atoms with van der Waals surface area (Å²) in [4.78, 5) is 24.9. The number of carbonyl (C=O) groups excluding carboxylic acids is 2. The number of unbranched alkanes of at least 4 members (excludes halogenated alkanes) is 1. The van der Waals surface area contributed by atoms with Crippen LogP contribution in [0.2, 0.25) is 0 Å². The van der Waals surface area contributed by atoms with E-state index in [1.807, 2.05) is 0 Å². The maximum atomic E-state index is 12.6. The van der Waals surface area contributed by atoms with Gasteiger partial charge in [-0.25, -0.2) is 0 Å². The predicted molar refractivity (Wildman–Crippen MR) is 129 cm³/mol. The molecule has 0 heterocycles. The Morgan fingerprint density at radius 1 is 1.10 bits per heavy atom. The van der Waals surface area contributed by atoms with Crippen LogP contribution in [0.3, 0.4) is 0 Å². The van der Waals surface area contributed by atoms with Gasteiger partial charge in [-0.1, -0.05) is 25.5 Å². The van der Waals surface area contributed by atoms with Gasteiger partial charge in [-0.3, -0.25) is 14.9 Å². The van der Waals surface area contributed by atoms with Gasteiger partial charge in [-0.2, -0.15) is 0 Å². The van der Waals surface area contributed by atoms with Gasteiger partial charge in [0.25, 0.3) is 11.8 Å². The third-order valence-electron chi connectivity index (χ3n) is 4.19. The quantitative estimate of drug-likeness (QED) is 0.331. The van der Waals surface area contributed by atoms with E-state index in [0.717, 1.165) is 12.8 Å². The van der Waals surface area contributed by atoms with Crippen LogP contribution in [0.15, 0.2) is 46.9 Å². The van der Waals surface area contributed by atoms with Gasteiger partial charge in [0.15, 0.2) is 5.11 Å². The number of rotatable bonds is 10. The summed E-state index contributed by atoms with van der Waals surface area (Å²) in [6.45, 7) is 3.51. The first-order valence-corrected chi connectivity index (χ1v) is 11.1. The van der Waals surface area contributed by atoms with Crippen LogP contribution >= 0.6 is 28.1 Å².